The number of amides is 1. The van der Waals surface area contributed by atoms with Gasteiger partial charge < -0.3 is 18.9 Å². The predicted molar refractivity (Wildman–Crippen MR) is 191 cm³/mol. The van der Waals surface area contributed by atoms with Gasteiger partial charge >= 0.3 is 5.97 Å². The third-order valence-electron chi connectivity index (χ3n) is 9.07. The van der Waals surface area contributed by atoms with Crippen LogP contribution < -0.4 is 14.9 Å². The maximum Gasteiger partial charge on any atom is 0.338 e. The van der Waals surface area contributed by atoms with Crippen molar-refractivity contribution < 1.29 is 19.1 Å². The molecule has 0 N–H and O–H groups in total. The Bertz CT molecular complexity index is 2240. The topological polar surface area (TPSA) is 95.1 Å². The van der Waals surface area contributed by atoms with Crippen LogP contribution in [0.1, 0.15) is 55.0 Å². The van der Waals surface area contributed by atoms with Gasteiger partial charge in [-0.3, -0.25) is 14.2 Å². The summed E-state index contributed by atoms with van der Waals surface area (Å²) in [5, 5.41) is 0.932. The molecule has 0 unspecified atom stereocenters. The minimum Gasteiger partial charge on any atom is -0.463 e. The second kappa shape index (κ2) is 13.8. The normalized spacial score (nSPS) is 16.6. The minimum absolute atomic E-state index is 0.0263. The summed E-state index contributed by atoms with van der Waals surface area (Å²) in [4.78, 5) is 48.8. The smallest absolute Gasteiger partial charge is 0.338 e. The average molecular weight is 675 g/mol. The standard InChI is InChI=1S/C39H38N4O5S/c1-4-48-38(46)34-35(27-10-6-5-7-11-27)40-39-43(36(34)28-16-14-26(15-17-28)25(2)3)37(45)32(49-39)22-29-23-42(31-13-9-8-12-30(29)31)24-33(44)41-18-20-47-21-19-41/h5-17,22-23,25,36H,4,18-21,24H2,1-3H3/b32-22+/t36-/m1/s1. The van der Waals surface area contributed by atoms with Gasteiger partial charge in [0.2, 0.25) is 5.91 Å². The lowest BCUT2D eigenvalue weighted by Crippen LogP contribution is -2.42. The molecule has 250 valence electrons. The van der Waals surface area contributed by atoms with Gasteiger partial charge in [-0.05, 0) is 36.1 Å². The Morgan fingerprint density at radius 3 is 2.43 bits per heavy atom. The number of carbonyl (C=O) groups excluding carboxylic acids is 2. The second-order valence-electron chi connectivity index (χ2n) is 12.5. The molecular weight excluding hydrogens is 637 g/mol. The van der Waals surface area contributed by atoms with Crippen LogP contribution in [-0.2, 0) is 25.6 Å². The number of morpholine rings is 1. The first-order valence-corrected chi connectivity index (χ1v) is 17.5. The molecule has 0 bridgehead atoms. The Morgan fingerprint density at radius 1 is 1.00 bits per heavy atom. The maximum atomic E-state index is 14.5. The first-order chi connectivity index (χ1) is 23.8. The lowest BCUT2D eigenvalue weighted by molar-refractivity contribution is -0.139. The van der Waals surface area contributed by atoms with Gasteiger partial charge in [0.15, 0.2) is 4.80 Å². The van der Waals surface area contributed by atoms with Gasteiger partial charge in [-0.2, -0.15) is 0 Å². The molecule has 2 aliphatic heterocycles. The number of ether oxygens (including phenoxy) is 2. The molecule has 2 aliphatic rings. The zero-order chi connectivity index (χ0) is 34.1. The molecule has 4 heterocycles. The summed E-state index contributed by atoms with van der Waals surface area (Å²) in [5.41, 5.74) is 5.00. The summed E-state index contributed by atoms with van der Waals surface area (Å²) in [6, 6.07) is 24.8. The molecule has 2 aromatic heterocycles. The molecule has 3 aromatic carbocycles. The lowest BCUT2D eigenvalue weighted by Gasteiger charge is -2.27. The van der Waals surface area contributed by atoms with Gasteiger partial charge in [0.1, 0.15) is 6.54 Å². The summed E-state index contributed by atoms with van der Waals surface area (Å²) in [6.45, 7) is 8.63. The zero-order valence-electron chi connectivity index (χ0n) is 27.8. The molecule has 0 spiro atoms. The Hall–Kier alpha value is -5.06. The first kappa shape index (κ1) is 32.5. The van der Waals surface area contributed by atoms with E-state index in [-0.39, 0.29) is 24.6 Å². The summed E-state index contributed by atoms with van der Waals surface area (Å²) in [7, 11) is 0. The van der Waals surface area contributed by atoms with E-state index >= 15 is 0 Å². The molecule has 1 amide bonds. The highest BCUT2D eigenvalue weighted by Gasteiger charge is 2.35. The Kier molecular flexibility index (Phi) is 9.16. The molecule has 1 saturated heterocycles. The van der Waals surface area contributed by atoms with Crippen LogP contribution in [0.2, 0.25) is 0 Å². The third kappa shape index (κ3) is 6.29. The Labute approximate surface area is 288 Å². The first-order valence-electron chi connectivity index (χ1n) is 16.7. The number of carbonyl (C=O) groups is 2. The van der Waals surface area contributed by atoms with E-state index in [1.165, 1.54) is 11.3 Å². The van der Waals surface area contributed by atoms with Crippen LogP contribution in [0, 0.1) is 0 Å². The molecule has 1 atom stereocenters. The summed E-state index contributed by atoms with van der Waals surface area (Å²) in [6.07, 6.45) is 3.81. The quantitative estimate of drug-likeness (QED) is 0.219. The largest absolute Gasteiger partial charge is 0.463 e. The van der Waals surface area contributed by atoms with E-state index in [0.717, 1.165) is 33.2 Å². The van der Waals surface area contributed by atoms with Gasteiger partial charge in [0.25, 0.3) is 5.56 Å². The molecule has 0 aliphatic carbocycles. The van der Waals surface area contributed by atoms with Crippen LogP contribution in [0.4, 0.5) is 0 Å². The van der Waals surface area contributed by atoms with Crippen molar-refractivity contribution in [1.82, 2.24) is 14.0 Å². The van der Waals surface area contributed by atoms with Crippen molar-refractivity contribution in [3.63, 3.8) is 0 Å². The summed E-state index contributed by atoms with van der Waals surface area (Å²) < 4.78 is 15.1. The zero-order valence-corrected chi connectivity index (χ0v) is 28.6. The SMILES string of the molecule is CCOC(=O)C1=C(c2ccccc2)N=c2s/c(=C/c3cn(CC(=O)N4CCOCC4)c4ccccc34)c(=O)n2[C@@H]1c1ccc(C(C)C)cc1. The molecule has 9 nitrogen and oxygen atoms in total. The highest BCUT2D eigenvalue weighted by atomic mass is 32.1. The molecule has 7 rings (SSSR count). The molecule has 10 heteroatoms. The van der Waals surface area contributed by atoms with Crippen molar-refractivity contribution in [3.8, 4) is 0 Å². The monoisotopic (exact) mass is 674 g/mol. The van der Waals surface area contributed by atoms with Crippen LogP contribution >= 0.6 is 11.3 Å². The van der Waals surface area contributed by atoms with Gasteiger partial charge in [-0.25, -0.2) is 9.79 Å². The highest BCUT2D eigenvalue weighted by Crippen LogP contribution is 2.35. The fraction of sp³-hybridized carbons (Fsp3) is 0.282. The fourth-order valence-electron chi connectivity index (χ4n) is 6.54. The molecular formula is C39H38N4O5S. The van der Waals surface area contributed by atoms with Crippen molar-refractivity contribution in [2.75, 3.05) is 32.9 Å². The summed E-state index contributed by atoms with van der Waals surface area (Å²) in [5.74, 6) is -0.161. The van der Waals surface area contributed by atoms with Gasteiger partial charge in [-0.15, -0.1) is 0 Å². The number of para-hydroxylation sites is 1. The van der Waals surface area contributed by atoms with E-state index in [0.29, 0.717) is 52.8 Å². The van der Waals surface area contributed by atoms with Gasteiger partial charge in [0.05, 0.1) is 41.7 Å². The Balaban J connectivity index is 1.40. The number of rotatable bonds is 8. The van der Waals surface area contributed by atoms with Crippen LogP contribution in [0.5, 0.6) is 0 Å². The molecule has 0 saturated carbocycles. The third-order valence-corrected chi connectivity index (χ3v) is 10.1. The van der Waals surface area contributed by atoms with Crippen LogP contribution in [0.3, 0.4) is 0 Å². The highest BCUT2D eigenvalue weighted by molar-refractivity contribution is 7.07. The minimum atomic E-state index is -0.749. The van der Waals surface area contributed by atoms with Crippen molar-refractivity contribution >= 4 is 45.9 Å². The van der Waals surface area contributed by atoms with E-state index in [1.807, 2.05) is 101 Å². The number of hydrogen-bond acceptors (Lipinski definition) is 7. The van der Waals surface area contributed by atoms with E-state index in [2.05, 4.69) is 13.8 Å². The molecule has 49 heavy (non-hydrogen) atoms. The van der Waals surface area contributed by atoms with E-state index in [9.17, 15) is 14.4 Å². The summed E-state index contributed by atoms with van der Waals surface area (Å²) >= 11 is 1.29. The van der Waals surface area contributed by atoms with Crippen molar-refractivity contribution in [2.24, 2.45) is 4.99 Å². The van der Waals surface area contributed by atoms with Crippen molar-refractivity contribution in [3.05, 3.63) is 133 Å². The second-order valence-corrected chi connectivity index (χ2v) is 13.5. The fourth-order valence-corrected chi connectivity index (χ4v) is 7.53. The van der Waals surface area contributed by atoms with Crippen LogP contribution in [0.25, 0.3) is 22.7 Å². The molecule has 5 aromatic rings. The van der Waals surface area contributed by atoms with Gasteiger partial charge in [-0.1, -0.05) is 98.0 Å². The van der Waals surface area contributed by atoms with Crippen LogP contribution in [-0.4, -0.2) is 58.8 Å². The van der Waals surface area contributed by atoms with E-state index in [4.69, 9.17) is 14.5 Å². The maximum absolute atomic E-state index is 14.5. The molecule has 0 radical (unpaired) electrons. The van der Waals surface area contributed by atoms with E-state index < -0.39 is 12.0 Å². The number of nitrogens with zero attached hydrogens (tertiary/aromatic N) is 4. The van der Waals surface area contributed by atoms with E-state index in [1.54, 1.807) is 11.5 Å². The number of fused-ring (bicyclic) bond motifs is 2. The van der Waals surface area contributed by atoms with Gasteiger partial charge in [0, 0.05) is 41.3 Å². The van der Waals surface area contributed by atoms with Crippen LogP contribution in [0.15, 0.2) is 100 Å². The Morgan fingerprint density at radius 2 is 1.71 bits per heavy atom. The predicted octanol–water partition coefficient (Wildman–Crippen LogP) is 4.87. The average Bonchev–Trinajstić information content (AvgIpc) is 3.64. The number of esters is 1. The number of hydrogen-bond donors (Lipinski definition) is 0. The number of thiazole rings is 1. The number of aromatic nitrogens is 2. The molecule has 1 fully saturated rings. The van der Waals surface area contributed by atoms with Crippen molar-refractivity contribution in [2.45, 2.75) is 39.3 Å². The lowest BCUT2D eigenvalue weighted by atomic mass is 9.91. The number of benzene rings is 3. The van der Waals surface area contributed by atoms with Crippen molar-refractivity contribution in [1.29, 1.82) is 0 Å².